The highest BCUT2D eigenvalue weighted by Gasteiger charge is 2.14. The van der Waals surface area contributed by atoms with Gasteiger partial charge in [0.25, 0.3) is 0 Å². The van der Waals surface area contributed by atoms with Crippen LogP contribution in [0, 0.1) is 0 Å². The molecule has 90 valence electrons. The quantitative estimate of drug-likeness (QED) is 0.781. The molecule has 0 spiro atoms. The summed E-state index contributed by atoms with van der Waals surface area (Å²) in [5.41, 5.74) is 1.32. The highest BCUT2D eigenvalue weighted by Crippen LogP contribution is 2.24. The van der Waals surface area contributed by atoms with Crippen molar-refractivity contribution in [1.29, 1.82) is 0 Å². The first-order valence-electron chi connectivity index (χ1n) is 5.62. The van der Waals surface area contributed by atoms with Crippen LogP contribution in [-0.2, 0) is 5.41 Å². The molecule has 0 saturated carbocycles. The molecule has 16 heavy (non-hydrogen) atoms. The Labute approximate surface area is 98.4 Å². The average molecular weight is 222 g/mol. The number of likely N-dealkylation sites (N-methyl/N-ethyl adjacent to an activating group) is 1. The van der Waals surface area contributed by atoms with Gasteiger partial charge < -0.3 is 9.64 Å². The average Bonchev–Trinajstić information content (AvgIpc) is 2.16. The van der Waals surface area contributed by atoms with E-state index < -0.39 is 0 Å². The van der Waals surface area contributed by atoms with Crippen LogP contribution in [0.2, 0.25) is 0 Å². The molecule has 0 aliphatic carbocycles. The fraction of sp³-hybridized carbons (Fsp3) is 0.615. The second kappa shape index (κ2) is 5.30. The monoisotopic (exact) mass is 222 g/mol. The lowest BCUT2D eigenvalue weighted by molar-refractivity contribution is 0.260. The second-order valence-corrected chi connectivity index (χ2v) is 5.31. The molecule has 0 saturated heterocycles. The topological polar surface area (TPSA) is 25.4 Å². The Morgan fingerprint density at radius 3 is 2.50 bits per heavy atom. The number of pyridine rings is 1. The molecule has 0 amide bonds. The molecule has 1 rings (SSSR count). The number of ether oxygens (including phenoxy) is 1. The van der Waals surface area contributed by atoms with E-state index in [0.29, 0.717) is 6.61 Å². The summed E-state index contributed by atoms with van der Waals surface area (Å²) < 4.78 is 5.65. The minimum absolute atomic E-state index is 0.119. The van der Waals surface area contributed by atoms with Crippen LogP contribution >= 0.6 is 0 Å². The fourth-order valence-corrected chi connectivity index (χ4v) is 1.25. The van der Waals surface area contributed by atoms with Gasteiger partial charge in [0.2, 0.25) is 0 Å². The third-order valence-corrected chi connectivity index (χ3v) is 2.39. The minimum atomic E-state index is 0.119. The van der Waals surface area contributed by atoms with E-state index in [-0.39, 0.29) is 5.41 Å². The van der Waals surface area contributed by atoms with Gasteiger partial charge in [-0.05, 0) is 31.1 Å². The van der Waals surface area contributed by atoms with Crippen LogP contribution in [0.15, 0.2) is 18.5 Å². The van der Waals surface area contributed by atoms with Gasteiger partial charge in [-0.2, -0.15) is 0 Å². The van der Waals surface area contributed by atoms with Crippen molar-refractivity contribution in [2.75, 3.05) is 27.2 Å². The van der Waals surface area contributed by atoms with Crippen LogP contribution < -0.4 is 4.74 Å². The molecule has 1 aromatic rings. The van der Waals surface area contributed by atoms with Crippen molar-refractivity contribution in [2.24, 2.45) is 0 Å². The summed E-state index contributed by atoms with van der Waals surface area (Å²) in [5.74, 6) is 0.856. The standard InChI is InChI=1S/C13H22N2O/c1-13(2,3)11-8-12(10-14-9-11)16-7-6-15(4)5/h8-10H,6-7H2,1-5H3. The summed E-state index contributed by atoms with van der Waals surface area (Å²) >= 11 is 0. The van der Waals surface area contributed by atoms with Crippen molar-refractivity contribution in [3.05, 3.63) is 24.0 Å². The molecule has 0 fully saturated rings. The van der Waals surface area contributed by atoms with Crippen molar-refractivity contribution in [3.8, 4) is 5.75 Å². The molecule has 0 N–H and O–H groups in total. The first kappa shape index (κ1) is 13.0. The normalized spacial score (nSPS) is 11.9. The first-order chi connectivity index (χ1) is 7.39. The van der Waals surface area contributed by atoms with Gasteiger partial charge in [0.15, 0.2) is 0 Å². The van der Waals surface area contributed by atoms with Gasteiger partial charge in [-0.15, -0.1) is 0 Å². The molecule has 0 atom stereocenters. The van der Waals surface area contributed by atoms with Crippen LogP contribution in [-0.4, -0.2) is 37.1 Å². The Bertz CT molecular complexity index is 329. The lowest BCUT2D eigenvalue weighted by Crippen LogP contribution is -2.19. The second-order valence-electron chi connectivity index (χ2n) is 5.31. The highest BCUT2D eigenvalue weighted by molar-refractivity contribution is 5.28. The summed E-state index contributed by atoms with van der Waals surface area (Å²) in [5, 5.41) is 0. The number of aromatic nitrogens is 1. The molecule has 3 nitrogen and oxygen atoms in total. The van der Waals surface area contributed by atoms with Gasteiger partial charge in [-0.3, -0.25) is 4.98 Å². The molecular weight excluding hydrogens is 200 g/mol. The van der Waals surface area contributed by atoms with Crippen LogP contribution in [0.5, 0.6) is 5.75 Å². The predicted molar refractivity (Wildman–Crippen MR) is 67.0 cm³/mol. The van der Waals surface area contributed by atoms with E-state index in [1.54, 1.807) is 6.20 Å². The van der Waals surface area contributed by atoms with Gasteiger partial charge in [-0.1, -0.05) is 20.8 Å². The van der Waals surface area contributed by atoms with E-state index in [9.17, 15) is 0 Å². The van der Waals surface area contributed by atoms with Gasteiger partial charge in [-0.25, -0.2) is 0 Å². The van der Waals surface area contributed by atoms with E-state index in [2.05, 4.69) is 36.7 Å². The predicted octanol–water partition coefficient (Wildman–Crippen LogP) is 2.32. The SMILES string of the molecule is CN(C)CCOc1cncc(C(C)(C)C)c1. The minimum Gasteiger partial charge on any atom is -0.491 e. The molecule has 0 aliphatic heterocycles. The van der Waals surface area contributed by atoms with E-state index in [1.807, 2.05) is 20.3 Å². The zero-order valence-electron chi connectivity index (χ0n) is 10.9. The van der Waals surface area contributed by atoms with Crippen molar-refractivity contribution in [1.82, 2.24) is 9.88 Å². The first-order valence-corrected chi connectivity index (χ1v) is 5.62. The maximum absolute atomic E-state index is 5.65. The molecule has 1 heterocycles. The maximum Gasteiger partial charge on any atom is 0.137 e. The smallest absolute Gasteiger partial charge is 0.137 e. The van der Waals surface area contributed by atoms with E-state index in [0.717, 1.165) is 12.3 Å². The van der Waals surface area contributed by atoms with Gasteiger partial charge in [0.1, 0.15) is 12.4 Å². The lowest BCUT2D eigenvalue weighted by Gasteiger charge is -2.19. The van der Waals surface area contributed by atoms with E-state index >= 15 is 0 Å². The summed E-state index contributed by atoms with van der Waals surface area (Å²) in [6.07, 6.45) is 3.67. The van der Waals surface area contributed by atoms with E-state index in [1.165, 1.54) is 5.56 Å². The molecule has 0 unspecified atom stereocenters. The van der Waals surface area contributed by atoms with Gasteiger partial charge in [0.05, 0.1) is 6.20 Å². The third kappa shape index (κ3) is 4.19. The number of rotatable bonds is 4. The summed E-state index contributed by atoms with van der Waals surface area (Å²) in [6, 6.07) is 2.07. The van der Waals surface area contributed by atoms with Gasteiger partial charge >= 0.3 is 0 Å². The van der Waals surface area contributed by atoms with Crippen LogP contribution in [0.1, 0.15) is 26.3 Å². The van der Waals surface area contributed by atoms with Crippen molar-refractivity contribution in [3.63, 3.8) is 0 Å². The zero-order valence-corrected chi connectivity index (χ0v) is 10.9. The Hall–Kier alpha value is -1.09. The number of hydrogen-bond acceptors (Lipinski definition) is 3. The Balaban J connectivity index is 2.61. The highest BCUT2D eigenvalue weighted by atomic mass is 16.5. The van der Waals surface area contributed by atoms with Crippen LogP contribution in [0.25, 0.3) is 0 Å². The number of nitrogens with zero attached hydrogens (tertiary/aromatic N) is 2. The maximum atomic E-state index is 5.65. The Kier molecular flexibility index (Phi) is 4.30. The fourth-order valence-electron chi connectivity index (χ4n) is 1.25. The molecule has 1 aromatic heterocycles. The summed E-state index contributed by atoms with van der Waals surface area (Å²) in [7, 11) is 4.07. The van der Waals surface area contributed by atoms with Crippen molar-refractivity contribution in [2.45, 2.75) is 26.2 Å². The molecule has 0 radical (unpaired) electrons. The molecule has 0 aliphatic rings. The Morgan fingerprint density at radius 1 is 1.25 bits per heavy atom. The largest absolute Gasteiger partial charge is 0.491 e. The van der Waals surface area contributed by atoms with E-state index in [4.69, 9.17) is 4.74 Å². The summed E-state index contributed by atoms with van der Waals surface area (Å²) in [4.78, 5) is 6.31. The van der Waals surface area contributed by atoms with Crippen molar-refractivity contribution < 1.29 is 4.74 Å². The van der Waals surface area contributed by atoms with Gasteiger partial charge in [0, 0.05) is 12.7 Å². The lowest BCUT2D eigenvalue weighted by atomic mass is 9.88. The molecule has 0 aromatic carbocycles. The molecular formula is C13H22N2O. The third-order valence-electron chi connectivity index (χ3n) is 2.39. The summed E-state index contributed by atoms with van der Waals surface area (Å²) in [6.45, 7) is 8.14. The number of hydrogen-bond donors (Lipinski definition) is 0. The van der Waals surface area contributed by atoms with Crippen molar-refractivity contribution >= 4 is 0 Å². The Morgan fingerprint density at radius 2 is 1.94 bits per heavy atom. The van der Waals surface area contributed by atoms with Crippen LogP contribution in [0.3, 0.4) is 0 Å². The molecule has 3 heteroatoms. The zero-order chi connectivity index (χ0) is 12.2. The molecule has 0 bridgehead atoms. The van der Waals surface area contributed by atoms with Crippen LogP contribution in [0.4, 0.5) is 0 Å².